The molecule has 15 N–H and O–H groups in total. The summed E-state index contributed by atoms with van der Waals surface area (Å²) in [5.41, 5.74) is 13.5. The van der Waals surface area contributed by atoms with Gasteiger partial charge in [-0.3, -0.25) is 47.9 Å². The van der Waals surface area contributed by atoms with Crippen LogP contribution in [0.25, 0.3) is 10.9 Å². The minimum atomic E-state index is -1.59. The van der Waals surface area contributed by atoms with Crippen LogP contribution in [-0.2, 0) is 60.8 Å². The first-order valence-corrected chi connectivity index (χ1v) is 27.4. The predicted octanol–water partition coefficient (Wildman–Crippen LogP) is 2.60. The number of ketones is 1. The molecule has 1 aromatic heterocycles. The molecule has 0 saturated carbocycles. The third-order valence-electron chi connectivity index (χ3n) is 10.7. The van der Waals surface area contributed by atoms with E-state index in [1.807, 2.05) is 78.4 Å². The van der Waals surface area contributed by atoms with E-state index in [-0.39, 0.29) is 48.3 Å². The van der Waals surface area contributed by atoms with Crippen LogP contribution >= 0.6 is 11.8 Å². The molecule has 0 fully saturated rings. The molecular weight excluding hydrogens is 1050 g/mol. The van der Waals surface area contributed by atoms with Gasteiger partial charge in [0.1, 0.15) is 23.9 Å². The van der Waals surface area contributed by atoms with Gasteiger partial charge >= 0.3 is 11.9 Å². The molecule has 1 unspecified atom stereocenters. The highest BCUT2D eigenvalue weighted by Gasteiger charge is 2.29. The van der Waals surface area contributed by atoms with Crippen LogP contribution in [0.2, 0.25) is 0 Å². The summed E-state index contributed by atoms with van der Waals surface area (Å²) >= 11 is 1.86. The number of aliphatic carboxylic acids is 2. The number of carbonyl (C=O) groups is 10. The Bertz CT molecular complexity index is 2570. The number of H-pyrrole nitrogens is 1. The molecule has 4 aromatic rings. The van der Waals surface area contributed by atoms with Gasteiger partial charge in [0.15, 0.2) is 5.78 Å². The lowest BCUT2D eigenvalue weighted by Gasteiger charge is -2.28. The van der Waals surface area contributed by atoms with Gasteiger partial charge in [0.05, 0.1) is 38.6 Å². The third kappa shape index (κ3) is 32.2. The van der Waals surface area contributed by atoms with E-state index < -0.39 is 104 Å². The summed E-state index contributed by atoms with van der Waals surface area (Å²) in [6, 6.07) is 19.0. The van der Waals surface area contributed by atoms with Crippen molar-refractivity contribution in [3.05, 3.63) is 102 Å². The Morgan fingerprint density at radius 3 is 1.61 bits per heavy atom. The fraction of sp³-hybridized carbons (Fsp3) is 0.464. The Morgan fingerprint density at radius 2 is 1.15 bits per heavy atom. The number of nitrogens with two attached hydrogens (primary N) is 2. The molecule has 1 heterocycles. The molecule has 0 aliphatic rings. The number of hydrogen-bond donors (Lipinski definition) is 13. The number of carboxylic acids is 2. The minimum absolute atomic E-state index is 0.00104. The fourth-order valence-corrected chi connectivity index (χ4v) is 6.83. The number of aromatic hydroxyl groups is 1. The molecule has 0 saturated heterocycles. The molecule has 4 atom stereocenters. The highest BCUT2D eigenvalue weighted by Crippen LogP contribution is 2.19. The number of primary amides is 1. The number of hydrogen-bond acceptors (Lipinski definition) is 14. The van der Waals surface area contributed by atoms with E-state index in [1.54, 1.807) is 42.6 Å². The number of rotatable bonds is 26. The van der Waals surface area contributed by atoms with Crippen LogP contribution in [0.3, 0.4) is 0 Å². The molecule has 0 aliphatic heterocycles. The molecule has 3 aromatic carbocycles. The second-order valence-corrected chi connectivity index (χ2v) is 20.0. The molecule has 4 rings (SSSR count). The van der Waals surface area contributed by atoms with Gasteiger partial charge in [-0.2, -0.15) is 11.8 Å². The van der Waals surface area contributed by atoms with Gasteiger partial charge in [-0.15, -0.1) is 0 Å². The Morgan fingerprint density at radius 1 is 0.662 bits per heavy atom. The van der Waals surface area contributed by atoms with E-state index in [4.69, 9.17) is 21.7 Å². The summed E-state index contributed by atoms with van der Waals surface area (Å²) in [4.78, 5) is 124. The molecular formula is C56H84N10O13S. The molecule has 80 heavy (non-hydrogen) atoms. The van der Waals surface area contributed by atoms with Crippen molar-refractivity contribution in [3.8, 4) is 5.75 Å². The topological polar surface area (TPSA) is 383 Å². The van der Waals surface area contributed by atoms with Crippen LogP contribution in [0, 0.1) is 12.8 Å². The Hall–Kier alpha value is -7.83. The predicted molar refractivity (Wildman–Crippen MR) is 309 cm³/mol. The number of Topliss-reactive ketones (excluding diaryl/α,β-unsaturated/α-hetero) is 1. The number of carboxylic acid groups (broad SMARTS) is 2. The molecule has 24 heteroatoms. The number of carbonyl (C=O) groups excluding carboxylic acids is 8. The van der Waals surface area contributed by atoms with Crippen molar-refractivity contribution in [2.45, 2.75) is 124 Å². The van der Waals surface area contributed by atoms with Gasteiger partial charge in [-0.25, -0.2) is 0 Å². The summed E-state index contributed by atoms with van der Waals surface area (Å²) < 4.78 is 0. The van der Waals surface area contributed by atoms with E-state index in [9.17, 15) is 53.1 Å². The zero-order valence-electron chi connectivity index (χ0n) is 47.5. The summed E-state index contributed by atoms with van der Waals surface area (Å²) in [5.74, 6) is -6.88. The molecule has 442 valence electrons. The van der Waals surface area contributed by atoms with Gasteiger partial charge < -0.3 is 69.0 Å². The number of benzene rings is 3. The summed E-state index contributed by atoms with van der Waals surface area (Å²) in [6.45, 7) is 15.5. The number of amides is 7. The van der Waals surface area contributed by atoms with Crippen LogP contribution in [0.15, 0.2) is 85.1 Å². The normalized spacial score (nSPS) is 11.9. The van der Waals surface area contributed by atoms with Gasteiger partial charge in [-0.05, 0) is 75.5 Å². The van der Waals surface area contributed by atoms with Crippen molar-refractivity contribution < 1.29 is 63.3 Å². The van der Waals surface area contributed by atoms with E-state index >= 15 is 0 Å². The average Bonchev–Trinajstić information content (AvgIpc) is 3.83. The smallest absolute Gasteiger partial charge is 0.305 e. The van der Waals surface area contributed by atoms with Crippen LogP contribution in [0.1, 0.15) is 91.3 Å². The van der Waals surface area contributed by atoms with Crippen molar-refractivity contribution in [1.82, 2.24) is 42.2 Å². The van der Waals surface area contributed by atoms with Crippen molar-refractivity contribution in [1.29, 1.82) is 0 Å². The number of aromatic nitrogens is 1. The summed E-state index contributed by atoms with van der Waals surface area (Å²) in [6.07, 6.45) is 3.22. The first kappa shape index (κ1) is 72.2. The third-order valence-corrected chi connectivity index (χ3v) is 11.3. The second kappa shape index (κ2) is 39.5. The SMILES string of the molecule is CC.CC(C)C(=O)C(CCC(=O)O)NC(C)(C)C.CCSC.Cc1ccccc1.NCC(=O)N[C@@H](Cc1ccc(O)cc1)C(=O)NCC(=O)N[C@@H](Cc1c[nH]c2ccccc12)C(=O)NCC(=O)N[C@@H](CC(=O)O)C(=O)NCC(N)=O. The van der Waals surface area contributed by atoms with Gasteiger partial charge in [0.2, 0.25) is 41.4 Å². The average molecular weight is 1140 g/mol. The Balaban J connectivity index is 0.00000175. The highest BCUT2D eigenvalue weighted by molar-refractivity contribution is 7.98. The van der Waals surface area contributed by atoms with Crippen molar-refractivity contribution >= 4 is 81.7 Å². The summed E-state index contributed by atoms with van der Waals surface area (Å²) in [5, 5.41) is 45.3. The largest absolute Gasteiger partial charge is 0.508 e. The van der Waals surface area contributed by atoms with Crippen LogP contribution < -0.4 is 48.7 Å². The highest BCUT2D eigenvalue weighted by atomic mass is 32.2. The van der Waals surface area contributed by atoms with Crippen LogP contribution in [0.5, 0.6) is 5.75 Å². The maximum atomic E-state index is 13.3. The summed E-state index contributed by atoms with van der Waals surface area (Å²) in [7, 11) is 0. The minimum Gasteiger partial charge on any atom is -0.508 e. The fourth-order valence-electron chi connectivity index (χ4n) is 6.83. The number of nitrogens with one attached hydrogen (secondary N) is 8. The lowest BCUT2D eigenvalue weighted by Crippen LogP contribution is -2.55. The van der Waals surface area contributed by atoms with E-state index in [2.05, 4.69) is 74.4 Å². The quantitative estimate of drug-likeness (QED) is 0.0430. The number of fused-ring (bicyclic) bond motifs is 1. The van der Waals surface area contributed by atoms with Gasteiger partial charge in [-0.1, -0.05) is 101 Å². The molecule has 0 bridgehead atoms. The molecule has 0 spiro atoms. The zero-order chi connectivity index (χ0) is 61.0. The maximum Gasteiger partial charge on any atom is 0.305 e. The van der Waals surface area contributed by atoms with Crippen molar-refractivity contribution in [3.63, 3.8) is 0 Å². The standard InChI is InChI=1S/C32H39N9O10.C12H23NO3.C7H8.C3H8S.C2H6/c33-12-26(44)39-22(9-17-5-7-19(42)8-6-17)30(49)37-15-27(45)40-23(10-18-13-35-21-4-2-1-3-20(18)21)31(50)38-16-28(46)41-24(11-29(47)48)32(51)36-14-25(34)43;1-8(2)11(16)9(6-7-10(14)15)13-12(3,4)5;1-7-5-3-2-4-6-7;1-3-4-2;1-2/h1-8,13,22-24,35,42H,9-12,14-16,33H2,(H2,34,43)(H,36,51)(H,37,49)(H,38,50)(H,39,44)(H,40,45)(H,41,46)(H,47,48);8-9,13H,6-7H2,1-5H3,(H,14,15);2-6H,1H3;3H2,1-2H3;1-2H3/t22-,23-,24-;;;;/m0..../s1. The Labute approximate surface area is 472 Å². The zero-order valence-corrected chi connectivity index (χ0v) is 48.3. The number of aryl methyl sites for hydroxylation is 1. The molecule has 0 aliphatic carbocycles. The maximum absolute atomic E-state index is 13.3. The first-order valence-electron chi connectivity index (χ1n) is 26.0. The van der Waals surface area contributed by atoms with Crippen LogP contribution in [0.4, 0.5) is 0 Å². The van der Waals surface area contributed by atoms with E-state index in [0.29, 0.717) is 17.5 Å². The van der Waals surface area contributed by atoms with Crippen molar-refractivity contribution in [2.75, 3.05) is 38.2 Å². The van der Waals surface area contributed by atoms with Crippen LogP contribution in [-0.4, -0.2) is 147 Å². The number of phenolic OH excluding ortho intramolecular Hbond substituents is 1. The first-order chi connectivity index (χ1) is 37.7. The molecule has 0 radical (unpaired) electrons. The molecule has 7 amide bonds. The van der Waals surface area contributed by atoms with Gasteiger partial charge in [0.25, 0.3) is 0 Å². The lowest BCUT2D eigenvalue weighted by atomic mass is 9.95. The second-order valence-electron chi connectivity index (χ2n) is 18.9. The number of phenols is 1. The molecule has 23 nitrogen and oxygen atoms in total. The van der Waals surface area contributed by atoms with Crippen molar-refractivity contribution in [2.24, 2.45) is 17.4 Å². The van der Waals surface area contributed by atoms with Gasteiger partial charge in [0, 0.05) is 47.8 Å². The lowest BCUT2D eigenvalue weighted by molar-refractivity contribution is -0.141. The van der Waals surface area contributed by atoms with E-state index in [1.165, 1.54) is 23.4 Å². The number of thioether (sulfide) groups is 1. The monoisotopic (exact) mass is 1140 g/mol. The number of aromatic amines is 1. The number of para-hydroxylation sites is 1. The van der Waals surface area contributed by atoms with E-state index in [0.717, 1.165) is 10.9 Å². The Kier molecular flexibility index (Phi) is 35.6.